The largest absolute Gasteiger partial charge is 0.458 e. The molecule has 122 valence electrons. The van der Waals surface area contributed by atoms with Crippen LogP contribution in [0.25, 0.3) is 11.5 Å². The van der Waals surface area contributed by atoms with Crippen LogP contribution in [0.5, 0.6) is 0 Å². The van der Waals surface area contributed by atoms with E-state index >= 15 is 0 Å². The predicted octanol–water partition coefficient (Wildman–Crippen LogP) is 0.0517. The number of hydrogen-bond acceptors (Lipinski definition) is 6. The minimum atomic E-state index is -0.701. The molecule has 0 aromatic carbocycles. The minimum Gasteiger partial charge on any atom is -0.458 e. The first-order chi connectivity index (χ1) is 11.0. The molecule has 0 saturated heterocycles. The molecule has 0 bridgehead atoms. The molecule has 2 heterocycles. The lowest BCUT2D eigenvalue weighted by molar-refractivity contribution is 0.252. The van der Waals surface area contributed by atoms with Crippen LogP contribution in [0.1, 0.15) is 5.76 Å². The molecular formula is C12H16N8O2S. The maximum atomic E-state index is 10.8. The molecule has 23 heavy (non-hydrogen) atoms. The number of nitrogens with zero attached hydrogens (tertiary/aromatic N) is 3. The summed E-state index contributed by atoms with van der Waals surface area (Å²) in [6.07, 6.45) is 0. The fraction of sp³-hybridized carbons (Fsp3) is 0.167. The van der Waals surface area contributed by atoms with Crippen LogP contribution < -0.4 is 27.8 Å². The van der Waals surface area contributed by atoms with E-state index in [-0.39, 0.29) is 11.9 Å². The number of primary amides is 1. The third kappa shape index (κ3) is 4.71. The fourth-order valence-electron chi connectivity index (χ4n) is 1.62. The number of aromatic nitrogens is 1. The van der Waals surface area contributed by atoms with Crippen molar-refractivity contribution in [3.8, 4) is 11.5 Å². The Morgan fingerprint density at radius 3 is 2.83 bits per heavy atom. The number of amides is 2. The lowest BCUT2D eigenvalue weighted by atomic mass is 10.3. The molecule has 0 aliphatic rings. The zero-order valence-corrected chi connectivity index (χ0v) is 13.1. The van der Waals surface area contributed by atoms with E-state index in [0.717, 1.165) is 0 Å². The van der Waals surface area contributed by atoms with Gasteiger partial charge in [0.1, 0.15) is 11.5 Å². The first kappa shape index (κ1) is 16.3. The summed E-state index contributed by atoms with van der Waals surface area (Å²) in [7, 11) is 1.52. The summed E-state index contributed by atoms with van der Waals surface area (Å²) in [4.78, 5) is 22.7. The first-order valence-electron chi connectivity index (χ1n) is 6.39. The molecule has 0 unspecified atom stereocenters. The zero-order valence-electron chi connectivity index (χ0n) is 12.2. The van der Waals surface area contributed by atoms with Gasteiger partial charge < -0.3 is 26.9 Å². The number of carbonyl (C=O) groups excluding carboxylic acids is 1. The predicted molar refractivity (Wildman–Crippen MR) is 88.2 cm³/mol. The third-order valence-corrected chi connectivity index (χ3v) is 3.26. The molecule has 0 aliphatic heterocycles. The van der Waals surface area contributed by atoms with Crippen LogP contribution in [-0.2, 0) is 6.54 Å². The Morgan fingerprint density at radius 1 is 1.39 bits per heavy atom. The number of urea groups is 1. The molecular weight excluding hydrogens is 320 g/mol. The Bertz CT molecular complexity index is 744. The van der Waals surface area contributed by atoms with E-state index in [1.54, 1.807) is 17.5 Å². The van der Waals surface area contributed by atoms with Crippen molar-refractivity contribution >= 4 is 34.4 Å². The quantitative estimate of drug-likeness (QED) is 0.390. The van der Waals surface area contributed by atoms with Crippen LogP contribution in [0, 0.1) is 0 Å². The van der Waals surface area contributed by atoms with Gasteiger partial charge in [0.2, 0.25) is 5.13 Å². The first-order valence-corrected chi connectivity index (χ1v) is 7.27. The molecule has 2 amide bonds. The summed E-state index contributed by atoms with van der Waals surface area (Å²) in [5.74, 6) is 1.40. The van der Waals surface area contributed by atoms with Crippen LogP contribution in [0.3, 0.4) is 0 Å². The second kappa shape index (κ2) is 7.26. The standard InChI is InChI=1S/C12H16N8O2S/c1-16-11(20-10(15)21)17-4-6-2-3-8(22-6)7-5-23-12(18-7)19-9(13)14/h2-3,5H,4H2,1H3,(H4,13,14,18,19)(H4,15,16,17,20,21). The van der Waals surface area contributed by atoms with Crippen molar-refractivity contribution in [2.45, 2.75) is 6.54 Å². The lowest BCUT2D eigenvalue weighted by Crippen LogP contribution is -2.43. The van der Waals surface area contributed by atoms with Crippen LogP contribution >= 0.6 is 11.3 Å². The SMILES string of the molecule is CN=C(NCc1ccc(-c2csc(N=C(N)N)n2)o1)NC(N)=O. The number of hydrogen-bond donors (Lipinski definition) is 5. The Labute approximate surface area is 135 Å². The van der Waals surface area contributed by atoms with Crippen molar-refractivity contribution in [1.82, 2.24) is 15.6 Å². The highest BCUT2D eigenvalue weighted by atomic mass is 32.1. The van der Waals surface area contributed by atoms with Gasteiger partial charge in [-0.05, 0) is 12.1 Å². The number of nitrogens with two attached hydrogens (primary N) is 3. The van der Waals surface area contributed by atoms with Gasteiger partial charge in [-0.15, -0.1) is 11.3 Å². The van der Waals surface area contributed by atoms with Crippen molar-refractivity contribution in [2.75, 3.05) is 7.05 Å². The van der Waals surface area contributed by atoms with Gasteiger partial charge in [-0.25, -0.2) is 9.78 Å². The lowest BCUT2D eigenvalue weighted by Gasteiger charge is -2.07. The summed E-state index contributed by atoms with van der Waals surface area (Å²) < 4.78 is 5.66. The molecule has 0 atom stereocenters. The van der Waals surface area contributed by atoms with Gasteiger partial charge in [0.15, 0.2) is 17.7 Å². The number of rotatable bonds is 4. The molecule has 8 N–H and O–H groups in total. The molecule has 0 fully saturated rings. The molecule has 0 radical (unpaired) electrons. The Morgan fingerprint density at radius 2 is 2.17 bits per heavy atom. The average Bonchev–Trinajstić information content (AvgIpc) is 3.11. The van der Waals surface area contributed by atoms with E-state index in [0.29, 0.717) is 28.9 Å². The van der Waals surface area contributed by atoms with Crippen LogP contribution in [-0.4, -0.2) is 30.0 Å². The highest BCUT2D eigenvalue weighted by Gasteiger charge is 2.10. The Hall–Kier alpha value is -3.08. The monoisotopic (exact) mass is 336 g/mol. The van der Waals surface area contributed by atoms with E-state index in [9.17, 15) is 4.79 Å². The van der Waals surface area contributed by atoms with E-state index in [1.807, 2.05) is 0 Å². The molecule has 2 aromatic rings. The van der Waals surface area contributed by atoms with Crippen LogP contribution in [0.4, 0.5) is 9.93 Å². The van der Waals surface area contributed by atoms with Crippen molar-refractivity contribution in [3.05, 3.63) is 23.3 Å². The molecule has 0 saturated carbocycles. The fourth-order valence-corrected chi connectivity index (χ4v) is 2.31. The summed E-state index contributed by atoms with van der Waals surface area (Å²) in [6, 6.07) is 2.85. The Kier molecular flexibility index (Phi) is 5.15. The maximum absolute atomic E-state index is 10.8. The summed E-state index contributed by atoms with van der Waals surface area (Å²) in [5.41, 5.74) is 16.3. The van der Waals surface area contributed by atoms with Crippen LogP contribution in [0.15, 0.2) is 31.9 Å². The van der Waals surface area contributed by atoms with Gasteiger partial charge in [-0.2, -0.15) is 4.99 Å². The highest BCUT2D eigenvalue weighted by molar-refractivity contribution is 7.13. The smallest absolute Gasteiger partial charge is 0.318 e. The van der Waals surface area contributed by atoms with E-state index in [4.69, 9.17) is 21.6 Å². The van der Waals surface area contributed by atoms with E-state index in [2.05, 4.69) is 25.6 Å². The van der Waals surface area contributed by atoms with Gasteiger partial charge >= 0.3 is 6.03 Å². The molecule has 2 rings (SSSR count). The molecule has 0 spiro atoms. The van der Waals surface area contributed by atoms with Gasteiger partial charge in [0.25, 0.3) is 0 Å². The third-order valence-electron chi connectivity index (χ3n) is 2.53. The van der Waals surface area contributed by atoms with Crippen molar-refractivity contribution < 1.29 is 9.21 Å². The molecule has 11 heteroatoms. The number of thiazole rings is 1. The van der Waals surface area contributed by atoms with Gasteiger partial charge in [-0.1, -0.05) is 0 Å². The van der Waals surface area contributed by atoms with Gasteiger partial charge in [0.05, 0.1) is 6.54 Å². The second-order valence-corrected chi connectivity index (χ2v) is 5.07. The number of carbonyl (C=O) groups is 1. The summed E-state index contributed by atoms with van der Waals surface area (Å²) in [6.45, 7) is 0.317. The minimum absolute atomic E-state index is 0.0523. The Balaban J connectivity index is 2.02. The molecule has 10 nitrogen and oxygen atoms in total. The topological polar surface area (TPSA) is 170 Å². The maximum Gasteiger partial charge on any atom is 0.318 e. The summed E-state index contributed by atoms with van der Waals surface area (Å²) >= 11 is 1.30. The summed E-state index contributed by atoms with van der Waals surface area (Å²) in [5, 5.41) is 7.46. The van der Waals surface area contributed by atoms with Gasteiger partial charge in [0, 0.05) is 12.4 Å². The van der Waals surface area contributed by atoms with Crippen molar-refractivity contribution in [1.29, 1.82) is 0 Å². The molecule has 0 aliphatic carbocycles. The zero-order chi connectivity index (χ0) is 16.8. The molecule has 2 aromatic heterocycles. The number of nitrogens with one attached hydrogen (secondary N) is 2. The van der Waals surface area contributed by atoms with Crippen molar-refractivity contribution in [3.63, 3.8) is 0 Å². The number of furan rings is 1. The average molecular weight is 336 g/mol. The number of aliphatic imine (C=N–C) groups is 2. The van der Waals surface area contributed by atoms with E-state index in [1.165, 1.54) is 18.4 Å². The van der Waals surface area contributed by atoms with Gasteiger partial charge in [-0.3, -0.25) is 10.3 Å². The normalized spacial score (nSPS) is 11.1. The van der Waals surface area contributed by atoms with Crippen LogP contribution in [0.2, 0.25) is 0 Å². The second-order valence-electron chi connectivity index (χ2n) is 4.23. The van der Waals surface area contributed by atoms with Crippen molar-refractivity contribution in [2.24, 2.45) is 27.2 Å². The number of guanidine groups is 2. The van der Waals surface area contributed by atoms with E-state index < -0.39 is 6.03 Å². The highest BCUT2D eigenvalue weighted by Crippen LogP contribution is 2.27.